The Morgan fingerprint density at radius 1 is 0.675 bits per heavy atom. The van der Waals surface area contributed by atoms with Gasteiger partial charge >= 0.3 is 0 Å². The van der Waals surface area contributed by atoms with Gasteiger partial charge in [0, 0.05) is 64.0 Å². The third-order valence-electron chi connectivity index (χ3n) is 5.86. The van der Waals surface area contributed by atoms with E-state index < -0.39 is 17.7 Å². The molecule has 0 bridgehead atoms. The van der Waals surface area contributed by atoms with E-state index in [2.05, 4.69) is 22.5 Å². The van der Waals surface area contributed by atoms with Crippen LogP contribution in [-0.2, 0) is 24.0 Å². The van der Waals surface area contributed by atoms with Crippen LogP contribution >= 0.6 is 0 Å². The van der Waals surface area contributed by atoms with Gasteiger partial charge in [0.1, 0.15) is 6.67 Å². The molecular formula is C26H48N6O8. The van der Waals surface area contributed by atoms with Crippen LogP contribution in [0, 0.1) is 5.92 Å². The molecule has 0 fully saturated rings. The smallest absolute Gasteiger partial charge is 0.246 e. The van der Waals surface area contributed by atoms with Gasteiger partial charge in [0.2, 0.25) is 29.5 Å². The first-order chi connectivity index (χ1) is 18.8. The second-order valence-electron chi connectivity index (χ2n) is 9.81. The van der Waals surface area contributed by atoms with Crippen LogP contribution in [0.4, 0.5) is 0 Å². The fourth-order valence-electron chi connectivity index (χ4n) is 3.24. The Morgan fingerprint density at radius 3 is 1.68 bits per heavy atom. The number of nitrogens with one attached hydrogen (secondary N) is 3. The van der Waals surface area contributed by atoms with Gasteiger partial charge in [0.05, 0.1) is 0 Å². The first kappa shape index (κ1) is 36.8. The van der Waals surface area contributed by atoms with Crippen LogP contribution in [0.3, 0.4) is 0 Å². The van der Waals surface area contributed by atoms with Crippen molar-refractivity contribution in [1.82, 2.24) is 31.1 Å². The summed E-state index contributed by atoms with van der Waals surface area (Å²) in [6, 6.07) is 0. The maximum Gasteiger partial charge on any atom is 0.246 e. The zero-order chi connectivity index (χ0) is 30.5. The Bertz CT molecular complexity index is 823. The highest BCUT2D eigenvalue weighted by atomic mass is 16.5. The predicted octanol–water partition coefficient (Wildman–Crippen LogP) is 1.51. The van der Waals surface area contributed by atoms with Gasteiger partial charge in [-0.25, -0.2) is 15.2 Å². The van der Waals surface area contributed by atoms with Crippen LogP contribution in [0.5, 0.6) is 0 Å². The van der Waals surface area contributed by atoms with E-state index in [0.29, 0.717) is 54.6 Å². The van der Waals surface area contributed by atoms with Gasteiger partial charge in [-0.1, -0.05) is 20.4 Å². The molecule has 0 saturated heterocycles. The van der Waals surface area contributed by atoms with Crippen LogP contribution in [0.1, 0.15) is 85.0 Å². The van der Waals surface area contributed by atoms with Crippen LogP contribution in [-0.4, -0.2) is 93.2 Å². The van der Waals surface area contributed by atoms with Crippen molar-refractivity contribution in [2.75, 3.05) is 32.8 Å². The molecule has 6 N–H and O–H groups in total. The van der Waals surface area contributed by atoms with Crippen molar-refractivity contribution in [2.45, 2.75) is 85.0 Å². The highest BCUT2D eigenvalue weighted by Crippen LogP contribution is 2.06. The number of nitrogens with zero attached hydrogens (tertiary/aromatic N) is 3. The summed E-state index contributed by atoms with van der Waals surface area (Å²) in [6.45, 7) is 9.82. The molecule has 0 heterocycles. The summed E-state index contributed by atoms with van der Waals surface area (Å²) in [6.07, 6.45) is 4.31. The second-order valence-corrected chi connectivity index (χ2v) is 9.81. The zero-order valence-corrected chi connectivity index (χ0v) is 24.1. The van der Waals surface area contributed by atoms with Gasteiger partial charge < -0.3 is 16.0 Å². The first-order valence-electron chi connectivity index (χ1n) is 13.8. The normalized spacial score (nSPS) is 10.6. The Balaban J connectivity index is 3.82. The van der Waals surface area contributed by atoms with E-state index in [0.717, 1.165) is 31.2 Å². The van der Waals surface area contributed by atoms with E-state index in [-0.39, 0.29) is 56.8 Å². The summed E-state index contributed by atoms with van der Waals surface area (Å²) < 4.78 is 0. The maximum absolute atomic E-state index is 12.1. The molecule has 0 radical (unpaired) electrons. The minimum Gasteiger partial charge on any atom is -0.389 e. The number of hydrogen-bond donors (Lipinski definition) is 6. The zero-order valence-electron chi connectivity index (χ0n) is 24.1. The van der Waals surface area contributed by atoms with E-state index in [1.807, 2.05) is 13.8 Å². The summed E-state index contributed by atoms with van der Waals surface area (Å²) in [5, 5.41) is 38.8. The molecule has 0 rings (SSSR count). The molecule has 0 aromatic rings. The molecule has 0 spiro atoms. The molecule has 0 aliphatic rings. The molecule has 5 amide bonds. The van der Waals surface area contributed by atoms with Crippen molar-refractivity contribution in [2.24, 2.45) is 5.92 Å². The number of hydroxylamine groups is 6. The summed E-state index contributed by atoms with van der Waals surface area (Å²) in [4.78, 5) is 58.0. The van der Waals surface area contributed by atoms with Gasteiger partial charge in [-0.2, -0.15) is 0 Å². The summed E-state index contributed by atoms with van der Waals surface area (Å²) in [5.74, 6) is -2.20. The van der Waals surface area contributed by atoms with Crippen molar-refractivity contribution < 1.29 is 39.6 Å². The number of carbonyl (C=O) groups is 5. The van der Waals surface area contributed by atoms with Crippen LogP contribution < -0.4 is 16.0 Å². The molecule has 0 unspecified atom stereocenters. The third kappa shape index (κ3) is 18.9. The number of unbranched alkanes of at least 4 members (excludes halogenated alkanes) is 4. The molecule has 0 atom stereocenters. The van der Waals surface area contributed by atoms with Crippen molar-refractivity contribution in [3.63, 3.8) is 0 Å². The Morgan fingerprint density at radius 2 is 1.18 bits per heavy atom. The highest BCUT2D eigenvalue weighted by Gasteiger charge is 2.14. The minimum absolute atomic E-state index is 0.0122. The van der Waals surface area contributed by atoms with E-state index in [1.165, 1.54) is 0 Å². The average Bonchev–Trinajstić information content (AvgIpc) is 2.91. The molecular weight excluding hydrogens is 524 g/mol. The fourth-order valence-corrected chi connectivity index (χ4v) is 3.24. The number of hydrogen-bond acceptors (Lipinski definition) is 9. The lowest BCUT2D eigenvalue weighted by Crippen LogP contribution is -2.38. The molecule has 0 aromatic heterocycles. The second kappa shape index (κ2) is 21.6. The number of rotatable bonds is 22. The SMILES string of the molecule is C=C(CCC(=O)N(O)CCCCCNC(=O)C(C)C)NCCCCCN(O)C(=O)CCC(=O)NCN(O)C(C)=O. The molecule has 40 heavy (non-hydrogen) atoms. The Labute approximate surface area is 236 Å². The highest BCUT2D eigenvalue weighted by molar-refractivity contribution is 5.83. The van der Waals surface area contributed by atoms with Gasteiger partial charge in [-0.3, -0.25) is 39.6 Å². The number of allylic oxidation sites excluding steroid dienone is 1. The maximum atomic E-state index is 12.1. The lowest BCUT2D eigenvalue weighted by Gasteiger charge is -2.16. The Kier molecular flexibility index (Phi) is 19.8. The van der Waals surface area contributed by atoms with E-state index >= 15 is 0 Å². The molecule has 0 aromatic carbocycles. The van der Waals surface area contributed by atoms with Crippen LogP contribution in [0.2, 0.25) is 0 Å². The van der Waals surface area contributed by atoms with Crippen LogP contribution in [0.25, 0.3) is 0 Å². The van der Waals surface area contributed by atoms with Gasteiger partial charge in [0.25, 0.3) is 0 Å². The van der Waals surface area contributed by atoms with Gasteiger partial charge in [-0.05, 0) is 44.9 Å². The topological polar surface area (TPSA) is 192 Å². The van der Waals surface area contributed by atoms with Gasteiger partial charge in [-0.15, -0.1) is 0 Å². The standard InChI is InChI=1S/C26H48N6O8/c1-20(2)26(37)28-16-8-6-10-17-30(38)24(35)13-11-21(3)27-15-7-5-9-18-31(39)25(36)14-12-23(34)29-19-32(40)22(4)33/h20,27,38-40H,3,5-19H2,1-2,4H3,(H,28,37)(H,29,34). The van der Waals surface area contributed by atoms with Crippen LogP contribution in [0.15, 0.2) is 12.3 Å². The van der Waals surface area contributed by atoms with Crippen molar-refractivity contribution in [3.05, 3.63) is 12.3 Å². The molecule has 14 nitrogen and oxygen atoms in total. The molecule has 230 valence electrons. The molecule has 0 aliphatic heterocycles. The van der Waals surface area contributed by atoms with Crippen molar-refractivity contribution in [1.29, 1.82) is 0 Å². The first-order valence-corrected chi connectivity index (χ1v) is 13.8. The predicted molar refractivity (Wildman–Crippen MR) is 145 cm³/mol. The van der Waals surface area contributed by atoms with Crippen molar-refractivity contribution >= 4 is 29.5 Å². The monoisotopic (exact) mass is 572 g/mol. The number of amides is 5. The average molecular weight is 573 g/mol. The lowest BCUT2D eigenvalue weighted by molar-refractivity contribution is -0.167. The van der Waals surface area contributed by atoms with Crippen molar-refractivity contribution in [3.8, 4) is 0 Å². The minimum atomic E-state index is -0.634. The lowest BCUT2D eigenvalue weighted by atomic mass is 10.2. The molecule has 0 aliphatic carbocycles. The van der Waals surface area contributed by atoms with E-state index in [9.17, 15) is 39.6 Å². The van der Waals surface area contributed by atoms with E-state index in [1.54, 1.807) is 0 Å². The Hall–Kier alpha value is -3.23. The molecule has 0 saturated carbocycles. The molecule has 14 heteroatoms. The summed E-state index contributed by atoms with van der Waals surface area (Å²) in [7, 11) is 0. The van der Waals surface area contributed by atoms with E-state index in [4.69, 9.17) is 0 Å². The quantitative estimate of drug-likeness (QED) is 0.0483. The summed E-state index contributed by atoms with van der Waals surface area (Å²) >= 11 is 0. The largest absolute Gasteiger partial charge is 0.389 e. The van der Waals surface area contributed by atoms with Gasteiger partial charge in [0.15, 0.2) is 0 Å². The number of carbonyl (C=O) groups excluding carboxylic acids is 5. The third-order valence-corrected chi connectivity index (χ3v) is 5.86. The fraction of sp³-hybridized carbons (Fsp3) is 0.731. The summed E-state index contributed by atoms with van der Waals surface area (Å²) in [5.41, 5.74) is 0.674.